The van der Waals surface area contributed by atoms with Gasteiger partial charge in [0.25, 0.3) is 0 Å². The first-order chi connectivity index (χ1) is 9.16. The minimum Gasteiger partial charge on any atom is -0.312 e. The first-order valence-electron chi connectivity index (χ1n) is 8.62. The molecule has 3 atom stereocenters. The fourth-order valence-electron chi connectivity index (χ4n) is 3.92. The monoisotopic (exact) mass is 266 g/mol. The van der Waals surface area contributed by atoms with Crippen LogP contribution in [0.1, 0.15) is 71.6 Å². The van der Waals surface area contributed by atoms with Gasteiger partial charge in [0.1, 0.15) is 0 Å². The maximum absolute atomic E-state index is 3.81. The van der Waals surface area contributed by atoms with Crippen LogP contribution in [0.4, 0.5) is 0 Å². The molecule has 0 amide bonds. The van der Waals surface area contributed by atoms with Crippen LogP contribution in [0.15, 0.2) is 0 Å². The van der Waals surface area contributed by atoms with E-state index in [4.69, 9.17) is 0 Å². The van der Waals surface area contributed by atoms with E-state index in [9.17, 15) is 0 Å². The lowest BCUT2D eigenvalue weighted by atomic mass is 9.86. The molecule has 0 aliphatic heterocycles. The van der Waals surface area contributed by atoms with Crippen LogP contribution in [0, 0.1) is 5.92 Å². The molecule has 2 aliphatic carbocycles. The number of nitrogens with zero attached hydrogens (tertiary/aromatic N) is 1. The minimum atomic E-state index is 0.678. The summed E-state index contributed by atoms with van der Waals surface area (Å²) < 4.78 is 0. The quantitative estimate of drug-likeness (QED) is 0.814. The molecule has 2 fully saturated rings. The van der Waals surface area contributed by atoms with E-state index in [1.54, 1.807) is 0 Å². The van der Waals surface area contributed by atoms with Crippen LogP contribution >= 0.6 is 0 Å². The van der Waals surface area contributed by atoms with Gasteiger partial charge in [-0.15, -0.1) is 0 Å². The molecule has 0 spiro atoms. The molecule has 2 saturated carbocycles. The SMILES string of the molecule is CC1CCCC(N(C)C(C)CNC2CCCCC2)C1. The molecule has 19 heavy (non-hydrogen) atoms. The van der Waals surface area contributed by atoms with Gasteiger partial charge in [0, 0.05) is 24.7 Å². The van der Waals surface area contributed by atoms with Crippen LogP contribution in [0.5, 0.6) is 0 Å². The van der Waals surface area contributed by atoms with Gasteiger partial charge in [0.15, 0.2) is 0 Å². The van der Waals surface area contributed by atoms with Gasteiger partial charge in [-0.3, -0.25) is 4.90 Å². The highest BCUT2D eigenvalue weighted by atomic mass is 15.2. The highest BCUT2D eigenvalue weighted by Gasteiger charge is 2.25. The van der Waals surface area contributed by atoms with Crippen molar-refractivity contribution in [1.29, 1.82) is 0 Å². The zero-order valence-electron chi connectivity index (χ0n) is 13.3. The Labute approximate surface area is 120 Å². The lowest BCUT2D eigenvalue weighted by Crippen LogP contribution is -2.47. The van der Waals surface area contributed by atoms with Crippen molar-refractivity contribution in [3.63, 3.8) is 0 Å². The largest absolute Gasteiger partial charge is 0.312 e. The first-order valence-corrected chi connectivity index (χ1v) is 8.62. The maximum Gasteiger partial charge on any atom is 0.0192 e. The average Bonchev–Trinajstić information content (AvgIpc) is 2.45. The summed E-state index contributed by atoms with van der Waals surface area (Å²) in [5.74, 6) is 0.930. The number of nitrogens with one attached hydrogen (secondary N) is 1. The van der Waals surface area contributed by atoms with Gasteiger partial charge in [0.05, 0.1) is 0 Å². The molecule has 0 aromatic rings. The molecular formula is C17H34N2. The molecule has 2 aliphatic rings. The fourth-order valence-corrected chi connectivity index (χ4v) is 3.92. The van der Waals surface area contributed by atoms with Crippen molar-refractivity contribution >= 4 is 0 Å². The summed E-state index contributed by atoms with van der Waals surface area (Å²) in [6.45, 7) is 5.99. The van der Waals surface area contributed by atoms with Crippen LogP contribution < -0.4 is 5.32 Å². The van der Waals surface area contributed by atoms with Crippen molar-refractivity contribution in [3.8, 4) is 0 Å². The lowest BCUT2D eigenvalue weighted by molar-refractivity contribution is 0.121. The highest BCUT2D eigenvalue weighted by Crippen LogP contribution is 2.27. The minimum absolute atomic E-state index is 0.678. The first kappa shape index (κ1) is 15.3. The molecule has 0 radical (unpaired) electrons. The summed E-state index contributed by atoms with van der Waals surface area (Å²) in [4.78, 5) is 2.64. The molecule has 2 heteroatoms. The zero-order chi connectivity index (χ0) is 13.7. The van der Waals surface area contributed by atoms with E-state index in [-0.39, 0.29) is 0 Å². The van der Waals surface area contributed by atoms with Crippen LogP contribution in [0.2, 0.25) is 0 Å². The molecule has 2 rings (SSSR count). The molecule has 1 N–H and O–H groups in total. The zero-order valence-corrected chi connectivity index (χ0v) is 13.3. The summed E-state index contributed by atoms with van der Waals surface area (Å²) >= 11 is 0. The maximum atomic E-state index is 3.81. The Morgan fingerprint density at radius 3 is 2.47 bits per heavy atom. The molecule has 0 saturated heterocycles. The van der Waals surface area contributed by atoms with E-state index < -0.39 is 0 Å². The lowest BCUT2D eigenvalue weighted by Gasteiger charge is -2.38. The average molecular weight is 266 g/mol. The fraction of sp³-hybridized carbons (Fsp3) is 1.00. The van der Waals surface area contributed by atoms with Crippen molar-refractivity contribution in [2.24, 2.45) is 5.92 Å². The smallest absolute Gasteiger partial charge is 0.0192 e. The Balaban J connectivity index is 1.70. The summed E-state index contributed by atoms with van der Waals surface area (Å²) in [6.07, 6.45) is 12.8. The Hall–Kier alpha value is -0.0800. The van der Waals surface area contributed by atoms with Crippen molar-refractivity contribution in [2.45, 2.75) is 89.8 Å². The molecule has 2 nitrogen and oxygen atoms in total. The predicted molar refractivity (Wildman–Crippen MR) is 83.5 cm³/mol. The van der Waals surface area contributed by atoms with Crippen LogP contribution in [-0.4, -0.2) is 36.6 Å². The van der Waals surface area contributed by atoms with Gasteiger partial charge in [0.2, 0.25) is 0 Å². The molecule has 0 aromatic carbocycles. The van der Waals surface area contributed by atoms with Crippen molar-refractivity contribution in [3.05, 3.63) is 0 Å². The van der Waals surface area contributed by atoms with E-state index in [2.05, 4.69) is 31.1 Å². The van der Waals surface area contributed by atoms with E-state index in [1.165, 1.54) is 64.3 Å². The highest BCUT2D eigenvalue weighted by molar-refractivity contribution is 4.82. The van der Waals surface area contributed by atoms with Crippen LogP contribution in [0.25, 0.3) is 0 Å². The molecular weight excluding hydrogens is 232 g/mol. The van der Waals surface area contributed by atoms with E-state index >= 15 is 0 Å². The van der Waals surface area contributed by atoms with Gasteiger partial charge in [-0.2, -0.15) is 0 Å². The van der Waals surface area contributed by atoms with Crippen molar-refractivity contribution in [2.75, 3.05) is 13.6 Å². The van der Waals surface area contributed by atoms with E-state index in [1.807, 2.05) is 0 Å². The second-order valence-electron chi connectivity index (χ2n) is 7.18. The molecule has 112 valence electrons. The summed E-state index contributed by atoms with van der Waals surface area (Å²) in [7, 11) is 2.34. The number of likely N-dealkylation sites (N-methyl/N-ethyl adjacent to an activating group) is 1. The van der Waals surface area contributed by atoms with Crippen LogP contribution in [-0.2, 0) is 0 Å². The van der Waals surface area contributed by atoms with E-state index in [0.29, 0.717) is 6.04 Å². The third-order valence-electron chi connectivity index (χ3n) is 5.49. The Morgan fingerprint density at radius 1 is 1.05 bits per heavy atom. The molecule has 3 unspecified atom stereocenters. The van der Waals surface area contributed by atoms with Gasteiger partial charge in [-0.05, 0) is 45.6 Å². The second-order valence-corrected chi connectivity index (χ2v) is 7.18. The summed E-state index contributed by atoms with van der Waals surface area (Å²) in [5.41, 5.74) is 0. The third kappa shape index (κ3) is 4.75. The van der Waals surface area contributed by atoms with Gasteiger partial charge in [-0.25, -0.2) is 0 Å². The molecule has 0 aromatic heterocycles. The Kier molecular flexibility index (Phi) is 6.15. The normalized spacial score (nSPS) is 31.6. The van der Waals surface area contributed by atoms with Crippen LogP contribution in [0.3, 0.4) is 0 Å². The molecule has 0 bridgehead atoms. The van der Waals surface area contributed by atoms with E-state index in [0.717, 1.165) is 18.0 Å². The standard InChI is InChI=1S/C17H34N2/c1-14-8-7-11-17(12-14)19(3)15(2)13-18-16-9-5-4-6-10-16/h14-18H,4-13H2,1-3H3. The number of rotatable bonds is 5. The van der Waals surface area contributed by atoms with Gasteiger partial charge >= 0.3 is 0 Å². The Morgan fingerprint density at radius 2 is 1.79 bits per heavy atom. The third-order valence-corrected chi connectivity index (χ3v) is 5.49. The van der Waals surface area contributed by atoms with Gasteiger partial charge in [-0.1, -0.05) is 39.0 Å². The predicted octanol–water partition coefficient (Wildman–Crippen LogP) is 3.81. The number of hydrogen-bond acceptors (Lipinski definition) is 2. The molecule has 0 heterocycles. The number of hydrogen-bond donors (Lipinski definition) is 1. The Bertz CT molecular complexity index is 248. The summed E-state index contributed by atoms with van der Waals surface area (Å²) in [5, 5.41) is 3.81. The van der Waals surface area contributed by atoms with Crippen molar-refractivity contribution < 1.29 is 0 Å². The van der Waals surface area contributed by atoms with Crippen molar-refractivity contribution in [1.82, 2.24) is 10.2 Å². The second kappa shape index (κ2) is 7.64. The summed E-state index contributed by atoms with van der Waals surface area (Å²) in [6, 6.07) is 2.30. The van der Waals surface area contributed by atoms with Gasteiger partial charge < -0.3 is 5.32 Å². The topological polar surface area (TPSA) is 15.3 Å².